The van der Waals surface area contributed by atoms with Gasteiger partial charge in [-0.3, -0.25) is 0 Å². The van der Waals surface area contributed by atoms with Crippen molar-refractivity contribution >= 4 is 6.03 Å². The van der Waals surface area contributed by atoms with Gasteiger partial charge in [0, 0.05) is 13.1 Å². The summed E-state index contributed by atoms with van der Waals surface area (Å²) in [5, 5.41) is 13.8. The van der Waals surface area contributed by atoms with Crippen molar-refractivity contribution in [2.45, 2.75) is 51.6 Å². The van der Waals surface area contributed by atoms with Gasteiger partial charge in [0.05, 0.1) is 6.04 Å². The van der Waals surface area contributed by atoms with Gasteiger partial charge in [0.25, 0.3) is 0 Å². The summed E-state index contributed by atoms with van der Waals surface area (Å²) in [4.78, 5) is 12.0. The highest BCUT2D eigenvalue weighted by atomic mass is 16.2. The number of carbonyl (C=O) groups is 1. The number of amides is 2. The fraction of sp³-hybridized carbons (Fsp3) is 0.769. The molecule has 1 heterocycles. The van der Waals surface area contributed by atoms with E-state index in [0.717, 1.165) is 12.2 Å². The minimum atomic E-state index is -0.147. The van der Waals surface area contributed by atoms with Crippen LogP contribution in [-0.2, 0) is 7.05 Å². The zero-order valence-electron chi connectivity index (χ0n) is 11.9. The number of aryl methyl sites for hydroxylation is 1. The van der Waals surface area contributed by atoms with Crippen molar-refractivity contribution in [2.75, 3.05) is 0 Å². The first-order valence-electron chi connectivity index (χ1n) is 6.99. The molecular weight excluding hydrogens is 242 g/mol. The highest BCUT2D eigenvalue weighted by molar-refractivity contribution is 5.74. The number of nitrogens with zero attached hydrogens (tertiary/aromatic N) is 3. The van der Waals surface area contributed by atoms with Crippen molar-refractivity contribution in [1.82, 2.24) is 25.4 Å². The molecule has 1 aromatic rings. The Morgan fingerprint density at radius 3 is 2.84 bits per heavy atom. The van der Waals surface area contributed by atoms with Gasteiger partial charge < -0.3 is 15.2 Å². The van der Waals surface area contributed by atoms with Gasteiger partial charge in [0.1, 0.15) is 6.33 Å². The zero-order chi connectivity index (χ0) is 13.8. The van der Waals surface area contributed by atoms with E-state index in [2.05, 4.69) is 27.8 Å². The van der Waals surface area contributed by atoms with Gasteiger partial charge in [0.2, 0.25) is 0 Å². The van der Waals surface area contributed by atoms with Crippen LogP contribution in [0.3, 0.4) is 0 Å². The third-order valence-electron chi connectivity index (χ3n) is 3.91. The molecule has 0 radical (unpaired) electrons. The summed E-state index contributed by atoms with van der Waals surface area (Å²) in [6, 6.07) is 0.0288. The lowest BCUT2D eigenvalue weighted by molar-refractivity contribution is 0.218. The normalized spacial score (nSPS) is 24.8. The Balaban J connectivity index is 1.85. The number of carbonyl (C=O) groups excluding carboxylic acids is 1. The quantitative estimate of drug-likeness (QED) is 0.874. The largest absolute Gasteiger partial charge is 0.335 e. The van der Waals surface area contributed by atoms with E-state index in [9.17, 15) is 4.79 Å². The number of rotatable bonds is 3. The number of urea groups is 1. The second-order valence-electron chi connectivity index (χ2n) is 5.51. The average Bonchev–Trinajstić information content (AvgIpc) is 2.78. The van der Waals surface area contributed by atoms with E-state index in [1.54, 1.807) is 6.33 Å². The van der Waals surface area contributed by atoms with Crippen molar-refractivity contribution in [3.63, 3.8) is 0 Å². The molecule has 3 atom stereocenters. The van der Waals surface area contributed by atoms with Crippen molar-refractivity contribution in [1.29, 1.82) is 0 Å². The first-order chi connectivity index (χ1) is 9.08. The van der Waals surface area contributed by atoms with Crippen LogP contribution in [0.25, 0.3) is 0 Å². The molecule has 1 aliphatic carbocycles. The summed E-state index contributed by atoms with van der Waals surface area (Å²) in [5.74, 6) is 1.32. The Kier molecular flexibility index (Phi) is 4.39. The van der Waals surface area contributed by atoms with Crippen LogP contribution in [0.5, 0.6) is 0 Å². The smallest absolute Gasteiger partial charge is 0.315 e. The van der Waals surface area contributed by atoms with Crippen LogP contribution in [0, 0.1) is 5.92 Å². The van der Waals surface area contributed by atoms with E-state index < -0.39 is 0 Å². The molecule has 1 aromatic heterocycles. The molecule has 2 N–H and O–H groups in total. The predicted octanol–water partition coefficient (Wildman–Crippen LogP) is 1.75. The first kappa shape index (κ1) is 13.8. The van der Waals surface area contributed by atoms with Gasteiger partial charge in [-0.15, -0.1) is 10.2 Å². The van der Waals surface area contributed by atoms with Crippen LogP contribution in [0.1, 0.15) is 51.4 Å². The van der Waals surface area contributed by atoms with Gasteiger partial charge in [-0.1, -0.05) is 19.8 Å². The fourth-order valence-corrected chi connectivity index (χ4v) is 2.69. The maximum absolute atomic E-state index is 12.0. The monoisotopic (exact) mass is 265 g/mol. The topological polar surface area (TPSA) is 71.8 Å². The second kappa shape index (κ2) is 6.04. The molecule has 1 saturated carbocycles. The SMILES string of the molecule is C[C@H](NC(=O)N[C@H]1CCCC[C@H]1C)c1nncn1C. The van der Waals surface area contributed by atoms with Crippen molar-refractivity contribution < 1.29 is 4.79 Å². The molecule has 6 nitrogen and oxygen atoms in total. The van der Waals surface area contributed by atoms with E-state index in [1.807, 2.05) is 18.5 Å². The summed E-state index contributed by atoms with van der Waals surface area (Å²) in [5.41, 5.74) is 0. The highest BCUT2D eigenvalue weighted by Crippen LogP contribution is 2.23. The predicted molar refractivity (Wildman–Crippen MR) is 72.5 cm³/mol. The van der Waals surface area contributed by atoms with Crippen LogP contribution in [-0.4, -0.2) is 26.8 Å². The lowest BCUT2D eigenvalue weighted by Gasteiger charge is -2.29. The van der Waals surface area contributed by atoms with Crippen LogP contribution in [0.4, 0.5) is 4.79 Å². The molecule has 2 rings (SSSR count). The molecule has 0 aromatic carbocycles. The van der Waals surface area contributed by atoms with Gasteiger partial charge in [-0.05, 0) is 25.7 Å². The molecule has 0 spiro atoms. The zero-order valence-corrected chi connectivity index (χ0v) is 11.9. The summed E-state index contributed by atoms with van der Waals surface area (Å²) in [6.07, 6.45) is 6.38. The maximum Gasteiger partial charge on any atom is 0.315 e. The standard InChI is InChI=1S/C13H23N5O/c1-9-6-4-5-7-11(9)16-13(19)15-10(2)12-17-14-8-18(12)3/h8-11H,4-7H2,1-3H3,(H2,15,16,19)/t9-,10+,11+/m1/s1. The van der Waals surface area contributed by atoms with Crippen molar-refractivity contribution in [3.8, 4) is 0 Å². The van der Waals surface area contributed by atoms with E-state index in [0.29, 0.717) is 12.0 Å². The molecule has 2 amide bonds. The number of hydrogen-bond acceptors (Lipinski definition) is 3. The molecule has 0 saturated heterocycles. The van der Waals surface area contributed by atoms with Gasteiger partial charge in [0.15, 0.2) is 5.82 Å². The molecule has 1 fully saturated rings. The van der Waals surface area contributed by atoms with Gasteiger partial charge in [-0.25, -0.2) is 4.79 Å². The summed E-state index contributed by atoms with van der Waals surface area (Å²) in [6.45, 7) is 4.12. The van der Waals surface area contributed by atoms with Gasteiger partial charge in [-0.2, -0.15) is 0 Å². The summed E-state index contributed by atoms with van der Waals surface area (Å²) >= 11 is 0. The van der Waals surface area contributed by atoms with Gasteiger partial charge >= 0.3 is 6.03 Å². The number of hydrogen-bond donors (Lipinski definition) is 2. The Bertz CT molecular complexity index is 430. The molecule has 0 bridgehead atoms. The summed E-state index contributed by atoms with van der Waals surface area (Å²) < 4.78 is 1.81. The Morgan fingerprint density at radius 2 is 2.21 bits per heavy atom. The van der Waals surface area contributed by atoms with Crippen molar-refractivity contribution in [2.24, 2.45) is 13.0 Å². The minimum absolute atomic E-state index is 0.116. The van der Waals surface area contributed by atoms with Crippen LogP contribution in [0.2, 0.25) is 0 Å². The lowest BCUT2D eigenvalue weighted by atomic mass is 9.86. The number of aromatic nitrogens is 3. The Hall–Kier alpha value is -1.59. The first-order valence-corrected chi connectivity index (χ1v) is 6.99. The Morgan fingerprint density at radius 1 is 1.47 bits per heavy atom. The summed E-state index contributed by atoms with van der Waals surface area (Å²) in [7, 11) is 1.87. The van der Waals surface area contributed by atoms with Crippen LogP contribution < -0.4 is 10.6 Å². The molecule has 1 aliphatic rings. The molecule has 0 aliphatic heterocycles. The third kappa shape index (κ3) is 3.45. The maximum atomic E-state index is 12.0. The fourth-order valence-electron chi connectivity index (χ4n) is 2.69. The van der Waals surface area contributed by atoms with Crippen molar-refractivity contribution in [3.05, 3.63) is 12.2 Å². The average molecular weight is 265 g/mol. The Labute approximate surface area is 114 Å². The van der Waals surface area contributed by atoms with Crippen LogP contribution in [0.15, 0.2) is 6.33 Å². The van der Waals surface area contributed by atoms with E-state index >= 15 is 0 Å². The number of nitrogens with one attached hydrogen (secondary N) is 2. The van der Waals surface area contributed by atoms with E-state index in [-0.39, 0.29) is 12.1 Å². The highest BCUT2D eigenvalue weighted by Gasteiger charge is 2.23. The van der Waals surface area contributed by atoms with E-state index in [4.69, 9.17) is 0 Å². The molecule has 19 heavy (non-hydrogen) atoms. The molecular formula is C13H23N5O. The van der Waals surface area contributed by atoms with E-state index in [1.165, 1.54) is 19.3 Å². The minimum Gasteiger partial charge on any atom is -0.335 e. The molecule has 0 unspecified atom stereocenters. The second-order valence-corrected chi connectivity index (χ2v) is 5.51. The molecule has 6 heteroatoms. The third-order valence-corrected chi connectivity index (χ3v) is 3.91. The molecule has 106 valence electrons. The van der Waals surface area contributed by atoms with Crippen LogP contribution >= 0.6 is 0 Å². The lowest BCUT2D eigenvalue weighted by Crippen LogP contribution is -2.46.